The van der Waals surface area contributed by atoms with E-state index in [1.165, 1.54) is 15.4 Å². The van der Waals surface area contributed by atoms with Crippen LogP contribution in [0.5, 0.6) is 0 Å². The molecule has 0 saturated carbocycles. The van der Waals surface area contributed by atoms with Crippen LogP contribution in [0.25, 0.3) is 0 Å². The highest BCUT2D eigenvalue weighted by Gasteiger charge is 2.30. The molecule has 2 heterocycles. The minimum atomic E-state index is -3.62. The van der Waals surface area contributed by atoms with Gasteiger partial charge >= 0.3 is 0 Å². The maximum Gasteiger partial charge on any atom is 0.244 e. The summed E-state index contributed by atoms with van der Waals surface area (Å²) in [6.45, 7) is 4.21. The fraction of sp³-hybridized carbons (Fsp3) is 0.348. The summed E-state index contributed by atoms with van der Waals surface area (Å²) in [5, 5.41) is 3.27. The van der Waals surface area contributed by atoms with Crippen LogP contribution in [0.1, 0.15) is 30.2 Å². The number of sulfonamides is 1. The van der Waals surface area contributed by atoms with Crippen molar-refractivity contribution in [3.05, 3.63) is 74.2 Å². The minimum Gasteiger partial charge on any atom is -0.345 e. The van der Waals surface area contributed by atoms with Crippen LogP contribution in [-0.4, -0.2) is 43.9 Å². The van der Waals surface area contributed by atoms with Gasteiger partial charge in [-0.25, -0.2) is 13.4 Å². The molecular weight excluding hydrogens is 530 g/mol. The second kappa shape index (κ2) is 10.2. The zero-order valence-electron chi connectivity index (χ0n) is 17.8. The third-order valence-corrected chi connectivity index (χ3v) is 9.33. The number of piperazine rings is 1. The SMILES string of the molecule is CCCc1ccc(Cc2csc(N3CCN(S(=O)(=O)c4ccc(Br)cc4Cl)CC3)n2)cc1. The van der Waals surface area contributed by atoms with Gasteiger partial charge in [0.25, 0.3) is 0 Å². The smallest absolute Gasteiger partial charge is 0.244 e. The number of benzene rings is 2. The Morgan fingerprint density at radius 2 is 1.75 bits per heavy atom. The summed E-state index contributed by atoms with van der Waals surface area (Å²) in [6.07, 6.45) is 3.07. The molecule has 0 radical (unpaired) electrons. The summed E-state index contributed by atoms with van der Waals surface area (Å²) < 4.78 is 28.3. The second-order valence-corrected chi connectivity index (χ2v) is 11.9. The molecule has 5 nitrogen and oxygen atoms in total. The van der Waals surface area contributed by atoms with Gasteiger partial charge in [-0.05, 0) is 35.7 Å². The van der Waals surface area contributed by atoms with Crippen molar-refractivity contribution in [2.24, 2.45) is 0 Å². The predicted octanol–water partition coefficient (Wildman–Crippen LogP) is 5.61. The first-order chi connectivity index (χ1) is 15.4. The lowest BCUT2D eigenvalue weighted by molar-refractivity contribution is 0.384. The molecule has 0 aliphatic carbocycles. The Hall–Kier alpha value is -1.45. The number of aryl methyl sites for hydroxylation is 1. The van der Waals surface area contributed by atoms with E-state index >= 15 is 0 Å². The molecular formula is C23H25BrClN3O2S2. The van der Waals surface area contributed by atoms with Crippen molar-refractivity contribution in [2.45, 2.75) is 31.1 Å². The van der Waals surface area contributed by atoms with Crippen LogP contribution in [0.15, 0.2) is 57.2 Å². The summed E-state index contributed by atoms with van der Waals surface area (Å²) in [4.78, 5) is 7.12. The predicted molar refractivity (Wildman–Crippen MR) is 135 cm³/mol. The van der Waals surface area contributed by atoms with Gasteiger partial charge in [0, 0.05) is 42.5 Å². The Morgan fingerprint density at radius 3 is 2.41 bits per heavy atom. The van der Waals surface area contributed by atoms with Crippen LogP contribution in [0, 0.1) is 0 Å². The molecule has 1 aliphatic heterocycles. The Labute approximate surface area is 207 Å². The van der Waals surface area contributed by atoms with Gasteiger partial charge < -0.3 is 4.90 Å². The Kier molecular flexibility index (Phi) is 7.57. The van der Waals surface area contributed by atoms with Crippen LogP contribution in [0.4, 0.5) is 5.13 Å². The minimum absolute atomic E-state index is 0.150. The van der Waals surface area contributed by atoms with E-state index in [1.807, 2.05) is 0 Å². The largest absolute Gasteiger partial charge is 0.345 e. The molecule has 0 bridgehead atoms. The molecule has 0 spiro atoms. The van der Waals surface area contributed by atoms with Crippen LogP contribution in [0.3, 0.4) is 0 Å². The molecule has 0 amide bonds. The zero-order chi connectivity index (χ0) is 22.7. The van der Waals surface area contributed by atoms with E-state index in [-0.39, 0.29) is 9.92 Å². The van der Waals surface area contributed by atoms with Gasteiger partial charge in [0.15, 0.2) is 5.13 Å². The molecule has 32 heavy (non-hydrogen) atoms. The molecule has 0 unspecified atom stereocenters. The van der Waals surface area contributed by atoms with Crippen LogP contribution in [0.2, 0.25) is 5.02 Å². The van der Waals surface area contributed by atoms with Gasteiger partial charge in [-0.1, -0.05) is 65.1 Å². The van der Waals surface area contributed by atoms with Crippen molar-refractivity contribution in [2.75, 3.05) is 31.1 Å². The van der Waals surface area contributed by atoms with Crippen molar-refractivity contribution in [3.8, 4) is 0 Å². The molecule has 170 valence electrons. The number of halogens is 2. The van der Waals surface area contributed by atoms with Crippen LogP contribution >= 0.6 is 38.9 Å². The Morgan fingerprint density at radius 1 is 1.06 bits per heavy atom. The number of thiazole rings is 1. The molecule has 4 rings (SSSR count). The van der Waals surface area contributed by atoms with Crippen molar-refractivity contribution in [1.29, 1.82) is 0 Å². The lowest BCUT2D eigenvalue weighted by atomic mass is 10.1. The van der Waals surface area contributed by atoms with Crippen molar-refractivity contribution in [3.63, 3.8) is 0 Å². The van der Waals surface area contributed by atoms with E-state index < -0.39 is 10.0 Å². The quantitative estimate of drug-likeness (QED) is 0.381. The molecule has 9 heteroatoms. The molecule has 0 atom stereocenters. The van der Waals surface area contributed by atoms with E-state index in [1.54, 1.807) is 29.5 Å². The normalized spacial score (nSPS) is 15.3. The summed E-state index contributed by atoms with van der Waals surface area (Å²) in [5.41, 5.74) is 3.67. The number of hydrogen-bond donors (Lipinski definition) is 0. The average Bonchev–Trinajstić information content (AvgIpc) is 3.24. The molecule has 1 aliphatic rings. The summed E-state index contributed by atoms with van der Waals surface area (Å²) in [5.74, 6) is 0. The van der Waals surface area contributed by atoms with Gasteiger partial charge in [0.1, 0.15) is 4.90 Å². The number of aromatic nitrogens is 1. The van der Waals surface area contributed by atoms with E-state index in [0.29, 0.717) is 26.2 Å². The van der Waals surface area contributed by atoms with Crippen LogP contribution in [-0.2, 0) is 22.9 Å². The fourth-order valence-electron chi connectivity index (χ4n) is 3.79. The first kappa shape index (κ1) is 23.7. The Balaban J connectivity index is 1.38. The Bertz CT molecular complexity index is 1170. The van der Waals surface area contributed by atoms with Crippen LogP contribution < -0.4 is 4.90 Å². The van der Waals surface area contributed by atoms with Crippen molar-refractivity contribution in [1.82, 2.24) is 9.29 Å². The average molecular weight is 555 g/mol. The summed E-state index contributed by atoms with van der Waals surface area (Å²) in [7, 11) is -3.62. The molecule has 1 saturated heterocycles. The number of hydrogen-bond acceptors (Lipinski definition) is 5. The van der Waals surface area contributed by atoms with Crippen molar-refractivity contribution >= 4 is 54.0 Å². The highest BCUT2D eigenvalue weighted by atomic mass is 79.9. The second-order valence-electron chi connectivity index (χ2n) is 7.83. The van der Waals surface area contributed by atoms with Gasteiger partial charge in [-0.3, -0.25) is 0 Å². The fourth-order valence-corrected chi connectivity index (χ4v) is 7.10. The van der Waals surface area contributed by atoms with E-state index in [0.717, 1.165) is 34.6 Å². The summed E-state index contributed by atoms with van der Waals surface area (Å²) in [6, 6.07) is 13.6. The highest BCUT2D eigenvalue weighted by Crippen LogP contribution is 2.29. The lowest BCUT2D eigenvalue weighted by Crippen LogP contribution is -2.48. The third-order valence-electron chi connectivity index (χ3n) is 5.51. The monoisotopic (exact) mass is 553 g/mol. The highest BCUT2D eigenvalue weighted by molar-refractivity contribution is 9.10. The van der Waals surface area contributed by atoms with E-state index in [2.05, 4.69) is 57.4 Å². The molecule has 1 fully saturated rings. The van der Waals surface area contributed by atoms with E-state index in [9.17, 15) is 8.42 Å². The molecule has 2 aromatic carbocycles. The van der Waals surface area contributed by atoms with Gasteiger partial charge in [-0.15, -0.1) is 11.3 Å². The van der Waals surface area contributed by atoms with Crippen molar-refractivity contribution < 1.29 is 8.42 Å². The van der Waals surface area contributed by atoms with Gasteiger partial charge in [-0.2, -0.15) is 4.31 Å². The maximum absolute atomic E-state index is 13.0. The van der Waals surface area contributed by atoms with E-state index in [4.69, 9.17) is 16.6 Å². The molecule has 1 aromatic heterocycles. The first-order valence-electron chi connectivity index (χ1n) is 10.6. The number of rotatable bonds is 7. The zero-order valence-corrected chi connectivity index (χ0v) is 21.8. The standard InChI is InChI=1S/C23H25BrClN3O2S2/c1-2-3-17-4-6-18(7-5-17)14-20-16-31-23(26-20)27-10-12-28(13-11-27)32(29,30)22-9-8-19(24)15-21(22)25/h4-9,15-16H,2-3,10-14H2,1H3. The maximum atomic E-state index is 13.0. The topological polar surface area (TPSA) is 53.5 Å². The molecule has 0 N–H and O–H groups in total. The third kappa shape index (κ3) is 5.37. The number of anilines is 1. The van der Waals surface area contributed by atoms with Gasteiger partial charge in [0.2, 0.25) is 10.0 Å². The number of nitrogens with zero attached hydrogens (tertiary/aromatic N) is 3. The first-order valence-corrected chi connectivity index (χ1v) is 14.1. The lowest BCUT2D eigenvalue weighted by Gasteiger charge is -2.34. The van der Waals surface area contributed by atoms with Gasteiger partial charge in [0.05, 0.1) is 10.7 Å². The molecule has 3 aromatic rings. The summed E-state index contributed by atoms with van der Waals surface area (Å²) >= 11 is 11.1.